The molecule has 4 rings (SSSR count). The van der Waals surface area contributed by atoms with Crippen LogP contribution in [0.2, 0.25) is 0 Å². The predicted molar refractivity (Wildman–Crippen MR) is 104 cm³/mol. The van der Waals surface area contributed by atoms with E-state index < -0.39 is 0 Å². The number of piperidine rings is 1. The normalized spacial score (nSPS) is 20.7. The minimum atomic E-state index is 0.255. The van der Waals surface area contributed by atoms with Gasteiger partial charge in [-0.15, -0.1) is 11.3 Å². The van der Waals surface area contributed by atoms with Gasteiger partial charge in [0.2, 0.25) is 5.91 Å². The third kappa shape index (κ3) is 3.56. The molecule has 0 N–H and O–H groups in total. The Labute approximate surface area is 157 Å². The number of carbonyl (C=O) groups is 1. The number of likely N-dealkylation sites (tertiary alicyclic amines) is 1. The van der Waals surface area contributed by atoms with Gasteiger partial charge in [-0.2, -0.15) is 0 Å². The summed E-state index contributed by atoms with van der Waals surface area (Å²) in [7, 11) is 0. The van der Waals surface area contributed by atoms with Crippen LogP contribution in [-0.2, 0) is 17.6 Å². The number of fused-ring (bicyclic) bond motifs is 3. The lowest BCUT2D eigenvalue weighted by Crippen LogP contribution is -2.40. The first kappa shape index (κ1) is 17.3. The van der Waals surface area contributed by atoms with Crippen molar-refractivity contribution >= 4 is 39.2 Å². The van der Waals surface area contributed by atoms with E-state index in [2.05, 4.69) is 11.9 Å². The number of hydrogen-bond donors (Lipinski definition) is 0. The number of aromatic nitrogens is 2. The largest absolute Gasteiger partial charge is 0.342 e. The van der Waals surface area contributed by atoms with Gasteiger partial charge in [-0.25, -0.2) is 9.97 Å². The van der Waals surface area contributed by atoms with Gasteiger partial charge in [0, 0.05) is 23.4 Å². The van der Waals surface area contributed by atoms with Gasteiger partial charge in [-0.05, 0) is 56.9 Å². The lowest BCUT2D eigenvalue weighted by Gasteiger charge is -2.30. The molecule has 1 atom stereocenters. The van der Waals surface area contributed by atoms with Crippen molar-refractivity contribution in [3.8, 4) is 0 Å². The SMILES string of the molecule is Cc1nc(SCC(=O)N2CCC[C@H](C)C2)c2c3c(sc2n1)CCCC3. The van der Waals surface area contributed by atoms with Crippen molar-refractivity contribution in [3.05, 3.63) is 16.3 Å². The summed E-state index contributed by atoms with van der Waals surface area (Å²) in [6.07, 6.45) is 7.20. The van der Waals surface area contributed by atoms with Gasteiger partial charge in [0.1, 0.15) is 15.7 Å². The average molecular weight is 376 g/mol. The summed E-state index contributed by atoms with van der Waals surface area (Å²) in [6, 6.07) is 0. The van der Waals surface area contributed by atoms with Gasteiger partial charge < -0.3 is 4.90 Å². The Balaban J connectivity index is 1.56. The molecule has 4 nitrogen and oxygen atoms in total. The van der Waals surface area contributed by atoms with Crippen LogP contribution < -0.4 is 0 Å². The van der Waals surface area contributed by atoms with Crippen LogP contribution in [0.15, 0.2) is 5.03 Å². The van der Waals surface area contributed by atoms with Crippen LogP contribution in [0.3, 0.4) is 0 Å². The quantitative estimate of drug-likeness (QED) is 0.595. The number of aryl methyl sites for hydroxylation is 3. The molecular formula is C19H25N3OS2. The van der Waals surface area contributed by atoms with Gasteiger partial charge in [-0.3, -0.25) is 4.79 Å². The summed E-state index contributed by atoms with van der Waals surface area (Å²) < 4.78 is 0. The number of carbonyl (C=O) groups excluding carboxylic acids is 1. The zero-order valence-electron chi connectivity index (χ0n) is 15.0. The minimum Gasteiger partial charge on any atom is -0.342 e. The highest BCUT2D eigenvalue weighted by Crippen LogP contribution is 2.39. The van der Waals surface area contributed by atoms with Crippen LogP contribution in [0.25, 0.3) is 10.2 Å². The van der Waals surface area contributed by atoms with E-state index in [0.29, 0.717) is 11.7 Å². The van der Waals surface area contributed by atoms with E-state index in [0.717, 1.165) is 41.6 Å². The molecular weight excluding hydrogens is 350 g/mol. The second-order valence-corrected chi connectivity index (χ2v) is 9.39. The van der Waals surface area contributed by atoms with E-state index in [9.17, 15) is 4.79 Å². The van der Waals surface area contributed by atoms with E-state index >= 15 is 0 Å². The van der Waals surface area contributed by atoms with Crippen LogP contribution >= 0.6 is 23.1 Å². The van der Waals surface area contributed by atoms with E-state index in [-0.39, 0.29) is 5.91 Å². The Morgan fingerprint density at radius 3 is 2.96 bits per heavy atom. The smallest absolute Gasteiger partial charge is 0.232 e. The van der Waals surface area contributed by atoms with Crippen LogP contribution in [0.1, 0.15) is 48.9 Å². The summed E-state index contributed by atoms with van der Waals surface area (Å²) >= 11 is 3.44. The lowest BCUT2D eigenvalue weighted by molar-refractivity contribution is -0.130. The fourth-order valence-electron chi connectivity index (χ4n) is 3.97. The lowest BCUT2D eigenvalue weighted by atomic mass is 9.97. The molecule has 6 heteroatoms. The number of hydrogen-bond acceptors (Lipinski definition) is 5. The van der Waals surface area contributed by atoms with E-state index in [1.807, 2.05) is 23.2 Å². The summed E-state index contributed by atoms with van der Waals surface area (Å²) in [5.74, 6) is 2.18. The van der Waals surface area contributed by atoms with E-state index in [4.69, 9.17) is 4.98 Å². The topological polar surface area (TPSA) is 46.1 Å². The third-order valence-corrected chi connectivity index (χ3v) is 7.38. The molecule has 0 bridgehead atoms. The number of amides is 1. The molecule has 1 amide bonds. The molecule has 3 heterocycles. The van der Waals surface area contributed by atoms with E-state index in [1.165, 1.54) is 41.5 Å². The Kier molecular flexibility index (Phi) is 5.00. The summed E-state index contributed by atoms with van der Waals surface area (Å²) in [4.78, 5) is 26.6. The van der Waals surface area contributed by atoms with Crippen LogP contribution in [-0.4, -0.2) is 39.6 Å². The second kappa shape index (κ2) is 7.23. The van der Waals surface area contributed by atoms with Crippen molar-refractivity contribution in [2.75, 3.05) is 18.8 Å². The Morgan fingerprint density at radius 1 is 1.28 bits per heavy atom. The molecule has 0 saturated carbocycles. The molecule has 0 spiro atoms. The van der Waals surface area contributed by atoms with Gasteiger partial charge in [0.15, 0.2) is 0 Å². The van der Waals surface area contributed by atoms with Gasteiger partial charge in [0.25, 0.3) is 0 Å². The van der Waals surface area contributed by atoms with Crippen LogP contribution in [0.4, 0.5) is 0 Å². The van der Waals surface area contributed by atoms with Crippen molar-refractivity contribution in [3.63, 3.8) is 0 Å². The second-order valence-electron chi connectivity index (χ2n) is 7.34. The van der Waals surface area contributed by atoms with Gasteiger partial charge in [-0.1, -0.05) is 18.7 Å². The summed E-state index contributed by atoms with van der Waals surface area (Å²) in [5, 5.41) is 2.25. The molecule has 1 aliphatic carbocycles. The third-order valence-electron chi connectivity index (χ3n) is 5.24. The fourth-order valence-corrected chi connectivity index (χ4v) is 6.34. The highest BCUT2D eigenvalue weighted by molar-refractivity contribution is 8.00. The molecule has 134 valence electrons. The zero-order valence-corrected chi connectivity index (χ0v) is 16.6. The minimum absolute atomic E-state index is 0.255. The highest BCUT2D eigenvalue weighted by atomic mass is 32.2. The maximum atomic E-state index is 12.6. The fraction of sp³-hybridized carbons (Fsp3) is 0.632. The molecule has 0 aromatic carbocycles. The molecule has 1 aliphatic heterocycles. The molecule has 1 saturated heterocycles. The molecule has 1 fully saturated rings. The zero-order chi connectivity index (χ0) is 17.4. The maximum Gasteiger partial charge on any atom is 0.232 e. The van der Waals surface area contributed by atoms with Crippen molar-refractivity contribution in [1.29, 1.82) is 0 Å². The first-order valence-electron chi connectivity index (χ1n) is 9.31. The van der Waals surface area contributed by atoms with Crippen LogP contribution in [0, 0.1) is 12.8 Å². The standard InChI is InChI=1S/C19H25N3OS2/c1-12-6-5-9-22(10-12)16(23)11-24-18-17-14-7-3-4-8-15(14)25-19(17)21-13(2)20-18/h12H,3-11H2,1-2H3/t12-/m0/s1. The predicted octanol–water partition coefficient (Wildman–Crippen LogP) is 4.23. The number of thiophene rings is 1. The monoisotopic (exact) mass is 375 g/mol. The highest BCUT2D eigenvalue weighted by Gasteiger charge is 2.24. The Morgan fingerprint density at radius 2 is 2.12 bits per heavy atom. The average Bonchev–Trinajstić information content (AvgIpc) is 2.97. The molecule has 2 aromatic heterocycles. The van der Waals surface area contributed by atoms with Crippen molar-refractivity contribution < 1.29 is 4.79 Å². The van der Waals surface area contributed by atoms with Crippen molar-refractivity contribution in [1.82, 2.24) is 14.9 Å². The summed E-state index contributed by atoms with van der Waals surface area (Å²) in [6.45, 7) is 6.01. The molecule has 0 unspecified atom stereocenters. The molecule has 25 heavy (non-hydrogen) atoms. The molecule has 0 radical (unpaired) electrons. The Hall–Kier alpha value is -1.14. The van der Waals surface area contributed by atoms with Crippen molar-refractivity contribution in [2.45, 2.75) is 57.4 Å². The Bertz CT molecular complexity index is 802. The molecule has 2 aliphatic rings. The number of rotatable bonds is 3. The molecule has 2 aromatic rings. The first-order chi connectivity index (χ1) is 12.1. The van der Waals surface area contributed by atoms with E-state index in [1.54, 1.807) is 11.8 Å². The van der Waals surface area contributed by atoms with Gasteiger partial charge >= 0.3 is 0 Å². The number of nitrogens with zero attached hydrogens (tertiary/aromatic N) is 3. The first-order valence-corrected chi connectivity index (χ1v) is 11.1. The van der Waals surface area contributed by atoms with Gasteiger partial charge in [0.05, 0.1) is 5.75 Å². The van der Waals surface area contributed by atoms with Crippen molar-refractivity contribution in [2.24, 2.45) is 5.92 Å². The summed E-state index contributed by atoms with van der Waals surface area (Å²) in [5.41, 5.74) is 1.45. The number of thioether (sulfide) groups is 1. The maximum absolute atomic E-state index is 12.6. The van der Waals surface area contributed by atoms with Crippen LogP contribution in [0.5, 0.6) is 0 Å².